The number of likely N-dealkylation sites (tertiary alicyclic amines) is 1. The molecule has 0 aromatic heterocycles. The lowest BCUT2D eigenvalue weighted by Gasteiger charge is -2.25. The van der Waals surface area contributed by atoms with Crippen molar-refractivity contribution in [1.82, 2.24) is 10.2 Å². The van der Waals surface area contributed by atoms with Crippen LogP contribution in [0.3, 0.4) is 0 Å². The first-order valence-corrected chi connectivity index (χ1v) is 8.98. The van der Waals surface area contributed by atoms with Crippen molar-refractivity contribution >= 4 is 5.96 Å². The molecule has 2 fully saturated rings. The highest BCUT2D eigenvalue weighted by atomic mass is 19.1. The van der Waals surface area contributed by atoms with Crippen molar-refractivity contribution in [2.45, 2.75) is 32.6 Å². The zero-order chi connectivity index (χ0) is 17.0. The van der Waals surface area contributed by atoms with Crippen molar-refractivity contribution in [2.75, 3.05) is 39.4 Å². The van der Waals surface area contributed by atoms with Gasteiger partial charge in [0, 0.05) is 44.1 Å². The second kappa shape index (κ2) is 7.51. The molecule has 2 heterocycles. The Balaban J connectivity index is 1.64. The maximum absolute atomic E-state index is 13.1. The largest absolute Gasteiger partial charge is 0.381 e. The summed E-state index contributed by atoms with van der Waals surface area (Å²) in [5, 5.41) is 3.42. The molecule has 0 amide bonds. The van der Waals surface area contributed by atoms with Gasteiger partial charge >= 0.3 is 0 Å². The fraction of sp³-hybridized carbons (Fsp3) is 0.632. The van der Waals surface area contributed by atoms with Crippen molar-refractivity contribution in [2.24, 2.45) is 10.4 Å². The van der Waals surface area contributed by atoms with Crippen molar-refractivity contribution in [3.05, 3.63) is 35.6 Å². The average molecular weight is 333 g/mol. The molecule has 24 heavy (non-hydrogen) atoms. The Hall–Kier alpha value is -1.62. The third kappa shape index (κ3) is 3.89. The van der Waals surface area contributed by atoms with E-state index in [0.717, 1.165) is 50.8 Å². The second-order valence-electron chi connectivity index (χ2n) is 7.12. The lowest BCUT2D eigenvalue weighted by molar-refractivity contribution is 0.156. The van der Waals surface area contributed by atoms with E-state index >= 15 is 0 Å². The van der Waals surface area contributed by atoms with Crippen LogP contribution in [0.5, 0.6) is 0 Å². The van der Waals surface area contributed by atoms with Crippen LogP contribution in [0.25, 0.3) is 0 Å². The Kier molecular flexibility index (Phi) is 5.39. The molecule has 0 radical (unpaired) electrons. The number of hydrogen-bond acceptors (Lipinski definition) is 2. The molecule has 2 unspecified atom stereocenters. The van der Waals surface area contributed by atoms with Crippen molar-refractivity contribution in [3.8, 4) is 0 Å². The summed E-state index contributed by atoms with van der Waals surface area (Å²) in [6.45, 7) is 9.65. The first kappa shape index (κ1) is 17.2. The van der Waals surface area contributed by atoms with E-state index in [9.17, 15) is 4.39 Å². The van der Waals surface area contributed by atoms with Crippen molar-refractivity contribution in [3.63, 3.8) is 0 Å². The van der Waals surface area contributed by atoms with Crippen LogP contribution in [0.1, 0.15) is 38.2 Å². The molecular weight excluding hydrogens is 305 g/mol. The number of hydrogen-bond donors (Lipinski definition) is 1. The van der Waals surface area contributed by atoms with E-state index in [0.29, 0.717) is 12.0 Å². The molecule has 2 saturated heterocycles. The predicted octanol–water partition coefficient (Wildman–Crippen LogP) is 3.01. The van der Waals surface area contributed by atoms with E-state index in [4.69, 9.17) is 9.73 Å². The molecular formula is C19H28FN3O. The number of ether oxygens (including phenoxy) is 1. The van der Waals surface area contributed by atoms with E-state index < -0.39 is 0 Å². The Morgan fingerprint density at radius 3 is 2.83 bits per heavy atom. The SMILES string of the molecule is CCNC(=NCC(C)c1ccc(F)cc1)N1CCC2(CCOC2)C1. The molecule has 2 aliphatic heterocycles. The van der Waals surface area contributed by atoms with Gasteiger partial charge in [-0.2, -0.15) is 0 Å². The van der Waals surface area contributed by atoms with Crippen molar-refractivity contribution < 1.29 is 9.13 Å². The van der Waals surface area contributed by atoms with E-state index in [1.165, 1.54) is 18.6 Å². The normalized spacial score (nSPS) is 25.5. The lowest BCUT2D eigenvalue weighted by atomic mass is 9.87. The number of benzene rings is 1. The fourth-order valence-corrected chi connectivity index (χ4v) is 3.63. The minimum Gasteiger partial charge on any atom is -0.381 e. The van der Waals surface area contributed by atoms with Gasteiger partial charge in [0.2, 0.25) is 0 Å². The monoisotopic (exact) mass is 333 g/mol. The quantitative estimate of drug-likeness (QED) is 0.680. The van der Waals surface area contributed by atoms with Crippen LogP contribution in [-0.2, 0) is 4.74 Å². The summed E-state index contributed by atoms with van der Waals surface area (Å²) in [4.78, 5) is 7.22. The molecule has 4 nitrogen and oxygen atoms in total. The van der Waals surface area contributed by atoms with Gasteiger partial charge in [0.15, 0.2) is 5.96 Å². The summed E-state index contributed by atoms with van der Waals surface area (Å²) in [5.41, 5.74) is 1.46. The van der Waals surface area contributed by atoms with Crippen LogP contribution in [-0.4, -0.2) is 50.3 Å². The van der Waals surface area contributed by atoms with Crippen LogP contribution in [0.15, 0.2) is 29.3 Å². The summed E-state index contributed by atoms with van der Waals surface area (Å²) >= 11 is 0. The zero-order valence-electron chi connectivity index (χ0n) is 14.7. The lowest BCUT2D eigenvalue weighted by Crippen LogP contribution is -2.41. The number of rotatable bonds is 4. The van der Waals surface area contributed by atoms with Crippen molar-refractivity contribution in [1.29, 1.82) is 0 Å². The molecule has 2 aliphatic rings. The van der Waals surface area contributed by atoms with Gasteiger partial charge in [0.25, 0.3) is 0 Å². The predicted molar refractivity (Wildman–Crippen MR) is 94.9 cm³/mol. The summed E-state index contributed by atoms with van der Waals surface area (Å²) in [5.74, 6) is 1.07. The highest BCUT2D eigenvalue weighted by Gasteiger charge is 2.42. The van der Waals surface area contributed by atoms with Crippen LogP contribution < -0.4 is 5.32 Å². The first-order chi connectivity index (χ1) is 11.6. The molecule has 1 N–H and O–H groups in total. The van der Waals surface area contributed by atoms with Crippen LogP contribution in [0.4, 0.5) is 4.39 Å². The van der Waals surface area contributed by atoms with Crippen LogP contribution in [0, 0.1) is 11.2 Å². The molecule has 132 valence electrons. The molecule has 3 rings (SSSR count). The number of guanidine groups is 1. The number of nitrogens with one attached hydrogen (secondary N) is 1. The van der Waals surface area contributed by atoms with E-state index in [-0.39, 0.29) is 11.7 Å². The zero-order valence-corrected chi connectivity index (χ0v) is 14.7. The minimum atomic E-state index is -0.191. The third-order valence-electron chi connectivity index (χ3n) is 5.21. The first-order valence-electron chi connectivity index (χ1n) is 8.98. The van der Waals surface area contributed by atoms with E-state index in [1.54, 1.807) is 0 Å². The van der Waals surface area contributed by atoms with Gasteiger partial charge in [-0.25, -0.2) is 4.39 Å². The standard InChI is InChI=1S/C19H28FN3O/c1-3-21-18(23-10-8-19(13-23)9-11-24-14-19)22-12-15(2)16-4-6-17(20)7-5-16/h4-7,15H,3,8-14H2,1-2H3,(H,21,22). The maximum atomic E-state index is 13.1. The number of halogens is 1. The summed E-state index contributed by atoms with van der Waals surface area (Å²) in [6, 6.07) is 6.74. The number of aliphatic imine (C=N–C) groups is 1. The summed E-state index contributed by atoms with van der Waals surface area (Å²) in [6.07, 6.45) is 2.35. The second-order valence-corrected chi connectivity index (χ2v) is 7.12. The van der Waals surface area contributed by atoms with E-state index in [1.807, 2.05) is 12.1 Å². The summed E-state index contributed by atoms with van der Waals surface area (Å²) in [7, 11) is 0. The Labute approximate surface area is 144 Å². The number of nitrogens with zero attached hydrogens (tertiary/aromatic N) is 2. The van der Waals surface area contributed by atoms with Gasteiger partial charge in [-0.05, 0) is 37.5 Å². The maximum Gasteiger partial charge on any atom is 0.193 e. The molecule has 0 saturated carbocycles. The Morgan fingerprint density at radius 2 is 2.17 bits per heavy atom. The molecule has 5 heteroatoms. The fourth-order valence-electron chi connectivity index (χ4n) is 3.63. The minimum absolute atomic E-state index is 0.191. The van der Waals surface area contributed by atoms with E-state index in [2.05, 4.69) is 24.1 Å². The molecule has 1 spiro atoms. The molecule has 1 aromatic carbocycles. The van der Waals surface area contributed by atoms with Gasteiger partial charge in [-0.1, -0.05) is 19.1 Å². The molecule has 0 aliphatic carbocycles. The van der Waals surface area contributed by atoms with Gasteiger partial charge in [-0.3, -0.25) is 4.99 Å². The highest BCUT2D eigenvalue weighted by molar-refractivity contribution is 5.80. The van der Waals surface area contributed by atoms with Gasteiger partial charge in [0.05, 0.1) is 6.61 Å². The van der Waals surface area contributed by atoms with Gasteiger partial charge in [-0.15, -0.1) is 0 Å². The molecule has 2 atom stereocenters. The Morgan fingerprint density at radius 1 is 1.38 bits per heavy atom. The van der Waals surface area contributed by atoms with Gasteiger partial charge < -0.3 is 15.0 Å². The van der Waals surface area contributed by atoms with Crippen LogP contribution in [0.2, 0.25) is 0 Å². The summed E-state index contributed by atoms with van der Waals surface area (Å²) < 4.78 is 18.7. The van der Waals surface area contributed by atoms with Crippen LogP contribution >= 0.6 is 0 Å². The molecule has 1 aromatic rings. The van der Waals surface area contributed by atoms with Gasteiger partial charge in [0.1, 0.15) is 5.82 Å². The highest BCUT2D eigenvalue weighted by Crippen LogP contribution is 2.38. The third-order valence-corrected chi connectivity index (χ3v) is 5.21. The smallest absolute Gasteiger partial charge is 0.193 e. The Bertz CT molecular complexity index is 566. The average Bonchev–Trinajstić information content (AvgIpc) is 3.22. The molecule has 0 bridgehead atoms. The topological polar surface area (TPSA) is 36.9 Å².